The predicted octanol–water partition coefficient (Wildman–Crippen LogP) is 2.01. The smallest absolute Gasteiger partial charge is 0.254 e. The largest absolute Gasteiger partial charge is 0.337 e. The van der Waals surface area contributed by atoms with Crippen molar-refractivity contribution in [3.05, 3.63) is 35.1 Å². The Kier molecular flexibility index (Phi) is 3.89. The number of hydrogen-bond acceptors (Lipinski definition) is 3. The standard InChI is InChI=1S/C16H18FN3O/c17-14-8-12(10-18)7-13(9-14)16(21)20-6-2-5-19-4-1-3-15(19)11-20/h7-9,15H,1-6,11H2/t15-/m1/s1. The number of carbonyl (C=O) groups is 1. The maximum absolute atomic E-state index is 13.5. The van der Waals surface area contributed by atoms with Crippen LogP contribution in [0.2, 0.25) is 0 Å². The molecule has 2 heterocycles. The van der Waals surface area contributed by atoms with Crippen LogP contribution in [0.25, 0.3) is 0 Å². The van der Waals surface area contributed by atoms with Gasteiger partial charge < -0.3 is 4.90 Å². The van der Waals surface area contributed by atoms with Gasteiger partial charge in [0, 0.05) is 31.2 Å². The first-order chi connectivity index (χ1) is 10.2. The van der Waals surface area contributed by atoms with E-state index >= 15 is 0 Å². The van der Waals surface area contributed by atoms with E-state index < -0.39 is 5.82 Å². The molecule has 2 aliphatic rings. The van der Waals surface area contributed by atoms with Crippen LogP contribution in [0.1, 0.15) is 35.2 Å². The fourth-order valence-corrected chi connectivity index (χ4v) is 3.35. The molecule has 5 heteroatoms. The van der Waals surface area contributed by atoms with Crippen molar-refractivity contribution in [3.63, 3.8) is 0 Å². The lowest BCUT2D eigenvalue weighted by molar-refractivity contribution is 0.0743. The summed E-state index contributed by atoms with van der Waals surface area (Å²) in [5, 5.41) is 8.90. The van der Waals surface area contributed by atoms with Crippen LogP contribution in [-0.2, 0) is 0 Å². The third kappa shape index (κ3) is 2.91. The number of nitrogens with zero attached hydrogens (tertiary/aromatic N) is 3. The molecule has 1 atom stereocenters. The highest BCUT2D eigenvalue weighted by Crippen LogP contribution is 2.22. The van der Waals surface area contributed by atoms with Gasteiger partial charge in [-0.25, -0.2) is 4.39 Å². The van der Waals surface area contributed by atoms with E-state index in [0.717, 1.165) is 32.0 Å². The molecule has 2 saturated heterocycles. The van der Waals surface area contributed by atoms with E-state index in [0.29, 0.717) is 19.1 Å². The molecule has 1 aromatic carbocycles. The molecule has 2 aliphatic heterocycles. The van der Waals surface area contributed by atoms with Gasteiger partial charge >= 0.3 is 0 Å². The maximum atomic E-state index is 13.5. The number of rotatable bonds is 1. The Bertz CT molecular complexity index is 596. The number of nitriles is 1. The first-order valence-electron chi connectivity index (χ1n) is 7.41. The van der Waals surface area contributed by atoms with E-state index in [4.69, 9.17) is 5.26 Å². The lowest BCUT2D eigenvalue weighted by atomic mass is 10.1. The van der Waals surface area contributed by atoms with E-state index in [1.54, 1.807) is 0 Å². The Morgan fingerprint density at radius 3 is 2.86 bits per heavy atom. The van der Waals surface area contributed by atoms with Crippen molar-refractivity contribution in [3.8, 4) is 6.07 Å². The van der Waals surface area contributed by atoms with Gasteiger partial charge in [-0.05, 0) is 44.0 Å². The van der Waals surface area contributed by atoms with E-state index in [9.17, 15) is 9.18 Å². The second-order valence-corrected chi connectivity index (χ2v) is 5.78. The summed E-state index contributed by atoms with van der Waals surface area (Å²) in [5.41, 5.74) is 0.466. The number of fused-ring (bicyclic) bond motifs is 1. The molecule has 1 amide bonds. The zero-order valence-electron chi connectivity index (χ0n) is 11.9. The zero-order chi connectivity index (χ0) is 14.8. The number of amides is 1. The van der Waals surface area contributed by atoms with Crippen LogP contribution < -0.4 is 0 Å². The second kappa shape index (κ2) is 5.82. The topological polar surface area (TPSA) is 47.3 Å². The van der Waals surface area contributed by atoms with Gasteiger partial charge in [0.25, 0.3) is 5.91 Å². The summed E-state index contributed by atoms with van der Waals surface area (Å²) in [6.07, 6.45) is 3.25. The van der Waals surface area contributed by atoms with Gasteiger partial charge in [0.2, 0.25) is 0 Å². The first kappa shape index (κ1) is 14.0. The van der Waals surface area contributed by atoms with Gasteiger partial charge in [-0.1, -0.05) is 0 Å². The molecule has 1 aromatic rings. The second-order valence-electron chi connectivity index (χ2n) is 5.78. The van der Waals surface area contributed by atoms with E-state index in [1.165, 1.54) is 18.6 Å². The summed E-state index contributed by atoms with van der Waals surface area (Å²) in [6.45, 7) is 3.55. The normalized spacial score (nSPS) is 22.5. The van der Waals surface area contributed by atoms with Gasteiger partial charge in [0.15, 0.2) is 0 Å². The van der Waals surface area contributed by atoms with Crippen molar-refractivity contribution in [1.82, 2.24) is 9.80 Å². The molecular formula is C16H18FN3O. The average molecular weight is 287 g/mol. The molecule has 0 saturated carbocycles. The molecule has 4 nitrogen and oxygen atoms in total. The molecule has 21 heavy (non-hydrogen) atoms. The van der Waals surface area contributed by atoms with Gasteiger partial charge in [0.1, 0.15) is 5.82 Å². The highest BCUT2D eigenvalue weighted by molar-refractivity contribution is 5.94. The summed E-state index contributed by atoms with van der Waals surface area (Å²) in [5.74, 6) is -0.700. The summed E-state index contributed by atoms with van der Waals surface area (Å²) < 4.78 is 13.5. The molecule has 0 unspecified atom stereocenters. The molecule has 0 aliphatic carbocycles. The van der Waals surface area contributed by atoms with Crippen LogP contribution >= 0.6 is 0 Å². The summed E-state index contributed by atoms with van der Waals surface area (Å²) in [6, 6.07) is 6.18. The van der Waals surface area contributed by atoms with Crippen molar-refractivity contribution in [2.75, 3.05) is 26.2 Å². The van der Waals surface area contributed by atoms with Crippen LogP contribution in [0.15, 0.2) is 18.2 Å². The first-order valence-corrected chi connectivity index (χ1v) is 7.41. The van der Waals surface area contributed by atoms with E-state index in [2.05, 4.69) is 4.90 Å². The lowest BCUT2D eigenvalue weighted by Gasteiger charge is -2.25. The Balaban J connectivity index is 1.81. The minimum atomic E-state index is -0.533. The average Bonchev–Trinajstić information content (AvgIpc) is 2.83. The molecule has 0 aromatic heterocycles. The van der Waals surface area contributed by atoms with Gasteiger partial charge in [-0.3, -0.25) is 9.69 Å². The van der Waals surface area contributed by atoms with Crippen LogP contribution in [-0.4, -0.2) is 47.9 Å². The molecule has 0 radical (unpaired) electrons. The van der Waals surface area contributed by atoms with Gasteiger partial charge in [0.05, 0.1) is 11.6 Å². The van der Waals surface area contributed by atoms with Crippen molar-refractivity contribution >= 4 is 5.91 Å². The summed E-state index contributed by atoms with van der Waals surface area (Å²) >= 11 is 0. The predicted molar refractivity (Wildman–Crippen MR) is 76.2 cm³/mol. The zero-order valence-corrected chi connectivity index (χ0v) is 11.9. The Hall–Kier alpha value is -1.93. The minimum Gasteiger partial charge on any atom is -0.337 e. The van der Waals surface area contributed by atoms with Crippen LogP contribution in [0.3, 0.4) is 0 Å². The molecule has 3 rings (SSSR count). The van der Waals surface area contributed by atoms with Crippen LogP contribution in [0, 0.1) is 17.1 Å². The fourth-order valence-electron chi connectivity index (χ4n) is 3.35. The number of hydrogen-bond donors (Lipinski definition) is 0. The SMILES string of the molecule is N#Cc1cc(F)cc(C(=O)N2CCCN3CCC[C@@H]3C2)c1. The van der Waals surface area contributed by atoms with Crippen molar-refractivity contribution < 1.29 is 9.18 Å². The molecule has 110 valence electrons. The van der Waals surface area contributed by atoms with E-state index in [-0.39, 0.29) is 17.0 Å². The molecule has 0 spiro atoms. The van der Waals surface area contributed by atoms with Crippen molar-refractivity contribution in [1.29, 1.82) is 5.26 Å². The Morgan fingerprint density at radius 1 is 1.24 bits per heavy atom. The Morgan fingerprint density at radius 2 is 2.05 bits per heavy atom. The minimum absolute atomic E-state index is 0.167. The van der Waals surface area contributed by atoms with Crippen molar-refractivity contribution in [2.45, 2.75) is 25.3 Å². The van der Waals surface area contributed by atoms with Gasteiger partial charge in [-0.15, -0.1) is 0 Å². The third-order valence-electron chi connectivity index (χ3n) is 4.36. The Labute approximate surface area is 123 Å². The lowest BCUT2D eigenvalue weighted by Crippen LogP contribution is -2.39. The molecular weight excluding hydrogens is 269 g/mol. The maximum Gasteiger partial charge on any atom is 0.254 e. The number of benzene rings is 1. The number of carbonyl (C=O) groups excluding carboxylic acids is 1. The summed E-state index contributed by atoms with van der Waals surface area (Å²) in [7, 11) is 0. The fraction of sp³-hybridized carbons (Fsp3) is 0.500. The van der Waals surface area contributed by atoms with Crippen molar-refractivity contribution in [2.24, 2.45) is 0 Å². The highest BCUT2D eigenvalue weighted by atomic mass is 19.1. The monoisotopic (exact) mass is 287 g/mol. The quantitative estimate of drug-likeness (QED) is 0.794. The molecule has 0 N–H and O–H groups in total. The van der Waals surface area contributed by atoms with Gasteiger partial charge in [-0.2, -0.15) is 5.26 Å². The molecule has 0 bridgehead atoms. The van der Waals surface area contributed by atoms with Crippen LogP contribution in [0.5, 0.6) is 0 Å². The third-order valence-corrected chi connectivity index (χ3v) is 4.36. The number of halogens is 1. The highest BCUT2D eigenvalue weighted by Gasteiger charge is 2.30. The summed E-state index contributed by atoms with van der Waals surface area (Å²) in [4.78, 5) is 16.8. The van der Waals surface area contributed by atoms with E-state index in [1.807, 2.05) is 11.0 Å². The molecule has 2 fully saturated rings. The van der Waals surface area contributed by atoms with Crippen LogP contribution in [0.4, 0.5) is 4.39 Å².